The van der Waals surface area contributed by atoms with Gasteiger partial charge < -0.3 is 18.9 Å². The van der Waals surface area contributed by atoms with Crippen LogP contribution in [-0.2, 0) is 0 Å². The Morgan fingerprint density at radius 2 is 0.975 bits per heavy atom. The van der Waals surface area contributed by atoms with Crippen LogP contribution in [0.4, 0.5) is 0 Å². The molecule has 0 fully saturated rings. The number of rotatable bonds is 23. The van der Waals surface area contributed by atoms with Crippen molar-refractivity contribution in [3.8, 4) is 23.0 Å². The number of Topliss-reactive ketones (excluding diaryl/α,β-unsaturated/α-hetero) is 2. The molecule has 0 aliphatic rings. The number of carbonyl (C=O) groups excluding carboxylic acids is 2. The minimum absolute atomic E-state index is 0.155. The summed E-state index contributed by atoms with van der Waals surface area (Å²) in [6, 6.07) is 10.2. The van der Waals surface area contributed by atoms with Gasteiger partial charge in [-0.1, -0.05) is 109 Å². The van der Waals surface area contributed by atoms with Gasteiger partial charge in [0.2, 0.25) is 23.1 Å². The summed E-state index contributed by atoms with van der Waals surface area (Å²) < 4.78 is 25.1. The number of carbonyl (C=O) groups is 2. The van der Waals surface area contributed by atoms with Crippen LogP contribution in [0.5, 0.6) is 23.0 Å². The molecule has 2 rings (SSSR count). The minimum Gasteiger partial charge on any atom is -0.490 e. The fraction of sp³-hybridized carbons (Fsp3) is 0.588. The first-order valence-corrected chi connectivity index (χ1v) is 15.4. The standard InChI is InChI=1S/C34H50O6/c1-5-9-16-22-37-29-26-28(31(36)30(35)27-20-14-13-15-21-27)32(38-23-17-10-6-2)34(40-25-19-12-8-4)33(29)39-24-18-11-7-3/h13-15,20-21,26H,5-12,16-19,22-25H2,1-4H3. The minimum atomic E-state index is -0.647. The van der Waals surface area contributed by atoms with Crippen molar-refractivity contribution in [2.24, 2.45) is 0 Å². The third kappa shape index (κ3) is 10.9. The number of hydrogen-bond acceptors (Lipinski definition) is 6. The summed E-state index contributed by atoms with van der Waals surface area (Å²) in [6.45, 7) is 10.4. The summed E-state index contributed by atoms with van der Waals surface area (Å²) in [6.07, 6.45) is 11.8. The Balaban J connectivity index is 2.61. The maximum absolute atomic E-state index is 13.7. The highest BCUT2D eigenvalue weighted by Crippen LogP contribution is 2.48. The molecule has 0 saturated heterocycles. The molecule has 0 spiro atoms. The second-order valence-electron chi connectivity index (χ2n) is 10.2. The van der Waals surface area contributed by atoms with Crippen molar-refractivity contribution in [1.29, 1.82) is 0 Å². The average molecular weight is 555 g/mol. The molecule has 0 heterocycles. The molecule has 0 saturated carbocycles. The van der Waals surface area contributed by atoms with Crippen LogP contribution < -0.4 is 18.9 Å². The summed E-state index contributed by atoms with van der Waals surface area (Å²) >= 11 is 0. The van der Waals surface area contributed by atoms with Gasteiger partial charge in [0.05, 0.1) is 32.0 Å². The van der Waals surface area contributed by atoms with E-state index in [2.05, 4.69) is 27.7 Å². The molecule has 2 aromatic carbocycles. The Hall–Kier alpha value is -3.02. The molecule has 40 heavy (non-hydrogen) atoms. The van der Waals surface area contributed by atoms with E-state index in [9.17, 15) is 9.59 Å². The number of ketones is 2. The molecule has 222 valence electrons. The predicted molar refractivity (Wildman–Crippen MR) is 162 cm³/mol. The second kappa shape index (κ2) is 19.9. The van der Waals surface area contributed by atoms with Gasteiger partial charge in [-0.05, 0) is 31.7 Å². The molecule has 0 aromatic heterocycles. The van der Waals surface area contributed by atoms with E-state index in [0.717, 1.165) is 77.0 Å². The lowest BCUT2D eigenvalue weighted by Crippen LogP contribution is -2.18. The summed E-state index contributed by atoms with van der Waals surface area (Å²) in [5.41, 5.74) is 0.488. The van der Waals surface area contributed by atoms with Crippen molar-refractivity contribution in [2.75, 3.05) is 26.4 Å². The Labute approximate surface area is 241 Å². The molecule has 0 amide bonds. The fourth-order valence-electron chi connectivity index (χ4n) is 4.24. The second-order valence-corrected chi connectivity index (χ2v) is 10.2. The van der Waals surface area contributed by atoms with E-state index in [0.29, 0.717) is 49.2 Å². The van der Waals surface area contributed by atoms with Gasteiger partial charge in [-0.2, -0.15) is 0 Å². The fourth-order valence-corrected chi connectivity index (χ4v) is 4.24. The molecule has 0 N–H and O–H groups in total. The molecular formula is C34H50O6. The van der Waals surface area contributed by atoms with Crippen LogP contribution in [0.3, 0.4) is 0 Å². The summed E-state index contributed by atoms with van der Waals surface area (Å²) in [5.74, 6) is 0.270. The van der Waals surface area contributed by atoms with E-state index in [4.69, 9.17) is 18.9 Å². The van der Waals surface area contributed by atoms with Crippen LogP contribution in [-0.4, -0.2) is 38.0 Å². The maximum Gasteiger partial charge on any atom is 0.237 e. The molecule has 0 bridgehead atoms. The lowest BCUT2D eigenvalue weighted by molar-refractivity contribution is 0.0813. The van der Waals surface area contributed by atoms with Crippen LogP contribution in [0.25, 0.3) is 0 Å². The van der Waals surface area contributed by atoms with Crippen molar-refractivity contribution in [2.45, 2.75) is 105 Å². The Morgan fingerprint density at radius 3 is 1.48 bits per heavy atom. The van der Waals surface area contributed by atoms with Crippen LogP contribution in [0.2, 0.25) is 0 Å². The predicted octanol–water partition coefficient (Wildman–Crippen LogP) is 9.03. The van der Waals surface area contributed by atoms with E-state index < -0.39 is 11.6 Å². The Bertz CT molecular complexity index is 1000. The van der Waals surface area contributed by atoms with E-state index in [1.165, 1.54) is 0 Å². The van der Waals surface area contributed by atoms with Crippen molar-refractivity contribution in [3.63, 3.8) is 0 Å². The molecule has 0 aliphatic carbocycles. The first-order valence-electron chi connectivity index (χ1n) is 15.4. The van der Waals surface area contributed by atoms with Gasteiger partial charge in [0, 0.05) is 5.56 Å². The molecule has 0 atom stereocenters. The molecule has 6 heteroatoms. The lowest BCUT2D eigenvalue weighted by Gasteiger charge is -2.22. The maximum atomic E-state index is 13.7. The van der Waals surface area contributed by atoms with Gasteiger partial charge in [-0.15, -0.1) is 0 Å². The Morgan fingerprint density at radius 1 is 0.525 bits per heavy atom. The van der Waals surface area contributed by atoms with Gasteiger partial charge in [0.15, 0.2) is 11.5 Å². The van der Waals surface area contributed by atoms with Crippen molar-refractivity contribution in [1.82, 2.24) is 0 Å². The highest BCUT2D eigenvalue weighted by Gasteiger charge is 2.30. The molecule has 6 nitrogen and oxygen atoms in total. The zero-order chi connectivity index (χ0) is 29.0. The molecular weight excluding hydrogens is 504 g/mol. The van der Waals surface area contributed by atoms with Gasteiger partial charge in [0.25, 0.3) is 0 Å². The van der Waals surface area contributed by atoms with E-state index in [1.54, 1.807) is 30.3 Å². The third-order valence-corrected chi connectivity index (χ3v) is 6.63. The number of ether oxygens (including phenoxy) is 4. The number of hydrogen-bond donors (Lipinski definition) is 0. The van der Waals surface area contributed by atoms with Gasteiger partial charge >= 0.3 is 0 Å². The largest absolute Gasteiger partial charge is 0.490 e. The highest BCUT2D eigenvalue weighted by atomic mass is 16.6. The normalized spacial score (nSPS) is 10.8. The van der Waals surface area contributed by atoms with Crippen LogP contribution in [0.1, 0.15) is 125 Å². The molecule has 2 aromatic rings. The topological polar surface area (TPSA) is 71.1 Å². The zero-order valence-electron chi connectivity index (χ0n) is 25.2. The van der Waals surface area contributed by atoms with Crippen LogP contribution in [0, 0.1) is 0 Å². The van der Waals surface area contributed by atoms with E-state index in [-0.39, 0.29) is 11.3 Å². The van der Waals surface area contributed by atoms with Crippen molar-refractivity contribution >= 4 is 11.6 Å². The lowest BCUT2D eigenvalue weighted by atomic mass is 9.99. The van der Waals surface area contributed by atoms with E-state index >= 15 is 0 Å². The quantitative estimate of drug-likeness (QED) is 0.0775. The van der Waals surface area contributed by atoms with Gasteiger partial charge in [-0.25, -0.2) is 0 Å². The monoisotopic (exact) mass is 554 g/mol. The highest BCUT2D eigenvalue weighted by molar-refractivity contribution is 6.49. The number of benzene rings is 2. The molecule has 0 unspecified atom stereocenters. The summed E-state index contributed by atoms with van der Waals surface area (Å²) in [7, 11) is 0. The van der Waals surface area contributed by atoms with E-state index in [1.807, 2.05) is 6.07 Å². The first-order chi connectivity index (χ1) is 19.6. The number of unbranched alkanes of at least 4 members (excludes halogenated alkanes) is 8. The molecule has 0 aliphatic heterocycles. The van der Waals surface area contributed by atoms with Gasteiger partial charge in [-0.3, -0.25) is 9.59 Å². The van der Waals surface area contributed by atoms with Crippen molar-refractivity contribution < 1.29 is 28.5 Å². The van der Waals surface area contributed by atoms with Crippen LogP contribution in [0.15, 0.2) is 36.4 Å². The summed E-state index contributed by atoms with van der Waals surface area (Å²) in [4.78, 5) is 27.0. The van der Waals surface area contributed by atoms with Crippen LogP contribution >= 0.6 is 0 Å². The molecule has 0 radical (unpaired) electrons. The first kappa shape index (κ1) is 33.2. The third-order valence-electron chi connectivity index (χ3n) is 6.63. The zero-order valence-corrected chi connectivity index (χ0v) is 25.2. The summed E-state index contributed by atoms with van der Waals surface area (Å²) in [5, 5.41) is 0. The smallest absolute Gasteiger partial charge is 0.237 e. The average Bonchev–Trinajstić information content (AvgIpc) is 2.98. The van der Waals surface area contributed by atoms with Gasteiger partial charge in [0.1, 0.15) is 0 Å². The van der Waals surface area contributed by atoms with Crippen molar-refractivity contribution in [3.05, 3.63) is 47.5 Å². The SMILES string of the molecule is CCCCCOc1cc(C(=O)C(=O)c2ccccc2)c(OCCCCC)c(OCCCCC)c1OCCCCC. The Kier molecular flexibility index (Phi) is 16.5.